The van der Waals surface area contributed by atoms with Crippen LogP contribution in [0.2, 0.25) is 5.02 Å². The topological polar surface area (TPSA) is 92.9 Å². The highest BCUT2D eigenvalue weighted by molar-refractivity contribution is 6.31. The van der Waals surface area contributed by atoms with Crippen molar-refractivity contribution in [2.24, 2.45) is 10.2 Å². The Labute approximate surface area is 195 Å². The van der Waals surface area contributed by atoms with Gasteiger partial charge >= 0.3 is 0 Å². The summed E-state index contributed by atoms with van der Waals surface area (Å²) in [6.45, 7) is 4.16. The number of ether oxygens (including phenoxy) is 1. The molecule has 1 aliphatic rings. The molecule has 0 saturated carbocycles. The summed E-state index contributed by atoms with van der Waals surface area (Å²) in [5, 5.41) is 8.65. The van der Waals surface area contributed by atoms with Crippen molar-refractivity contribution in [2.45, 2.75) is 19.9 Å². The lowest BCUT2D eigenvalue weighted by molar-refractivity contribution is 0.0992. The molecule has 0 unspecified atom stereocenters. The van der Waals surface area contributed by atoms with Crippen LogP contribution in [0.3, 0.4) is 0 Å². The second-order valence-electron chi connectivity index (χ2n) is 7.51. The lowest BCUT2D eigenvalue weighted by Crippen LogP contribution is -2.37. The van der Waals surface area contributed by atoms with E-state index in [9.17, 15) is 9.18 Å². The number of rotatable bonds is 7. The Hall–Kier alpha value is -3.30. The van der Waals surface area contributed by atoms with Crippen molar-refractivity contribution in [1.29, 1.82) is 0 Å². The molecule has 0 aliphatic carbocycles. The van der Waals surface area contributed by atoms with Gasteiger partial charge in [0.1, 0.15) is 6.54 Å². The van der Waals surface area contributed by atoms with E-state index in [0.717, 1.165) is 17.3 Å². The molecule has 0 spiro atoms. The maximum atomic E-state index is 14.1. The number of nitrogens with zero attached hydrogens (tertiary/aromatic N) is 6. The first-order valence-corrected chi connectivity index (χ1v) is 10.8. The number of halogens is 2. The van der Waals surface area contributed by atoms with E-state index < -0.39 is 5.82 Å². The van der Waals surface area contributed by atoms with E-state index in [4.69, 9.17) is 16.3 Å². The van der Waals surface area contributed by atoms with Crippen LogP contribution in [-0.4, -0.2) is 47.0 Å². The van der Waals surface area contributed by atoms with Crippen LogP contribution in [-0.2, 0) is 17.7 Å². The number of hydrogen-bond acceptors (Lipinski definition) is 8. The van der Waals surface area contributed by atoms with Crippen molar-refractivity contribution in [3.05, 3.63) is 75.9 Å². The second kappa shape index (κ2) is 10.5. The molecule has 0 atom stereocenters. The van der Waals surface area contributed by atoms with Gasteiger partial charge in [-0.05, 0) is 36.2 Å². The van der Waals surface area contributed by atoms with Crippen LogP contribution in [0.25, 0.3) is 0 Å². The van der Waals surface area contributed by atoms with E-state index >= 15 is 0 Å². The minimum absolute atomic E-state index is 0.0549. The van der Waals surface area contributed by atoms with Gasteiger partial charge in [0.25, 0.3) is 5.95 Å². The first-order valence-electron chi connectivity index (χ1n) is 10.5. The number of pyridine rings is 1. The number of azo groups is 1. The van der Waals surface area contributed by atoms with Crippen molar-refractivity contribution >= 4 is 29.2 Å². The van der Waals surface area contributed by atoms with Crippen molar-refractivity contribution in [3.63, 3.8) is 0 Å². The monoisotopic (exact) mass is 468 g/mol. The van der Waals surface area contributed by atoms with Gasteiger partial charge in [0.15, 0.2) is 17.4 Å². The van der Waals surface area contributed by atoms with Crippen LogP contribution < -0.4 is 4.90 Å². The summed E-state index contributed by atoms with van der Waals surface area (Å²) in [7, 11) is 0. The van der Waals surface area contributed by atoms with Crippen LogP contribution in [0.5, 0.6) is 0 Å². The summed E-state index contributed by atoms with van der Waals surface area (Å²) in [6, 6.07) is 8.90. The minimum Gasteiger partial charge on any atom is -0.378 e. The van der Waals surface area contributed by atoms with Crippen molar-refractivity contribution in [1.82, 2.24) is 15.0 Å². The third-order valence-electron chi connectivity index (χ3n) is 5.25. The average molecular weight is 469 g/mol. The van der Waals surface area contributed by atoms with Gasteiger partial charge in [-0.15, -0.1) is 5.11 Å². The number of carbonyl (C=O) groups is 1. The fraction of sp³-hybridized carbons (Fsp3) is 0.304. The maximum absolute atomic E-state index is 14.1. The third kappa shape index (κ3) is 5.74. The normalized spacial score (nSPS) is 14.1. The molecule has 10 heteroatoms. The molecule has 0 amide bonds. The molecule has 3 aromatic rings. The standard InChI is InChI=1S/C23H22ClFN6O2/c1-15-3-2-4-19(24)18(15)12-21(32)16-5-6-26-17(11-16)13-28-30-23-27-14-20(25)22(29-23)31-7-9-33-10-8-31/h2-6,11,14H,7-10,12-13H2,1H3. The van der Waals surface area contributed by atoms with Gasteiger partial charge in [-0.2, -0.15) is 10.1 Å². The summed E-state index contributed by atoms with van der Waals surface area (Å²) in [5.41, 5.74) is 2.86. The molecule has 1 aliphatic heterocycles. The number of aryl methyl sites for hydroxylation is 1. The first-order chi connectivity index (χ1) is 16.0. The molecule has 0 radical (unpaired) electrons. The number of Topliss-reactive ketones (excluding diaryl/α,β-unsaturated/α-hetero) is 1. The van der Waals surface area contributed by atoms with Gasteiger partial charge in [-0.25, -0.2) is 9.37 Å². The van der Waals surface area contributed by atoms with E-state index in [2.05, 4.69) is 25.2 Å². The van der Waals surface area contributed by atoms with Crippen LogP contribution in [0.1, 0.15) is 27.2 Å². The summed E-state index contributed by atoms with van der Waals surface area (Å²) < 4.78 is 19.4. The number of hydrogen-bond donors (Lipinski definition) is 0. The predicted molar refractivity (Wildman–Crippen MR) is 122 cm³/mol. The van der Waals surface area contributed by atoms with Crippen molar-refractivity contribution in [2.75, 3.05) is 31.2 Å². The third-order valence-corrected chi connectivity index (χ3v) is 5.60. The van der Waals surface area contributed by atoms with Crippen LogP contribution in [0.15, 0.2) is 53.0 Å². The van der Waals surface area contributed by atoms with Crippen molar-refractivity contribution < 1.29 is 13.9 Å². The van der Waals surface area contributed by atoms with Crippen LogP contribution >= 0.6 is 11.6 Å². The summed E-state index contributed by atoms with van der Waals surface area (Å²) in [5.74, 6) is -0.344. The van der Waals surface area contributed by atoms with Gasteiger partial charge in [0.2, 0.25) is 0 Å². The predicted octanol–water partition coefficient (Wildman–Crippen LogP) is 4.52. The molecule has 4 rings (SSSR count). The van der Waals surface area contributed by atoms with E-state index in [1.165, 1.54) is 0 Å². The zero-order valence-electron chi connectivity index (χ0n) is 18.0. The number of morpholine rings is 1. The van der Waals surface area contributed by atoms with Crippen molar-refractivity contribution in [3.8, 4) is 0 Å². The highest BCUT2D eigenvalue weighted by Gasteiger charge is 2.18. The number of aromatic nitrogens is 3. The molecular weight excluding hydrogens is 447 g/mol. The Balaban J connectivity index is 1.43. The van der Waals surface area contributed by atoms with E-state index in [1.54, 1.807) is 29.3 Å². The molecular formula is C23H22ClFN6O2. The van der Waals surface area contributed by atoms with Gasteiger partial charge in [0, 0.05) is 36.3 Å². The Morgan fingerprint density at radius 1 is 1.24 bits per heavy atom. The number of anilines is 1. The smallest absolute Gasteiger partial charge is 0.270 e. The summed E-state index contributed by atoms with van der Waals surface area (Å²) in [6.07, 6.45) is 2.84. The first kappa shape index (κ1) is 22.9. The number of ketones is 1. The molecule has 1 aromatic carbocycles. The minimum atomic E-state index is -0.516. The van der Waals surface area contributed by atoms with Gasteiger partial charge in [0.05, 0.1) is 25.1 Å². The fourth-order valence-electron chi connectivity index (χ4n) is 3.46. The maximum Gasteiger partial charge on any atom is 0.270 e. The lowest BCUT2D eigenvalue weighted by atomic mass is 9.99. The van der Waals surface area contributed by atoms with Gasteiger partial charge in [-0.3, -0.25) is 9.78 Å². The molecule has 2 aromatic heterocycles. The SMILES string of the molecule is Cc1cccc(Cl)c1CC(=O)c1ccnc(CN=Nc2ncc(F)c(N3CCOCC3)n2)c1. The fourth-order valence-corrected chi connectivity index (χ4v) is 3.74. The number of carbonyl (C=O) groups excluding carboxylic acids is 1. The Morgan fingerprint density at radius 3 is 2.85 bits per heavy atom. The lowest BCUT2D eigenvalue weighted by Gasteiger charge is -2.27. The van der Waals surface area contributed by atoms with E-state index in [0.29, 0.717) is 42.6 Å². The molecule has 33 heavy (non-hydrogen) atoms. The second-order valence-corrected chi connectivity index (χ2v) is 7.92. The Kier molecular flexibility index (Phi) is 7.31. The molecule has 0 bridgehead atoms. The van der Waals surface area contributed by atoms with E-state index in [1.807, 2.05) is 19.1 Å². The zero-order valence-corrected chi connectivity index (χ0v) is 18.8. The Morgan fingerprint density at radius 2 is 2.06 bits per heavy atom. The highest BCUT2D eigenvalue weighted by Crippen LogP contribution is 2.22. The molecule has 8 nitrogen and oxygen atoms in total. The quantitative estimate of drug-likeness (QED) is 0.374. The van der Waals surface area contributed by atoms with E-state index in [-0.39, 0.29) is 30.5 Å². The molecule has 3 heterocycles. The van der Waals surface area contributed by atoms with Gasteiger partial charge < -0.3 is 9.64 Å². The number of benzene rings is 1. The average Bonchev–Trinajstić information content (AvgIpc) is 2.83. The van der Waals surface area contributed by atoms with Crippen LogP contribution in [0, 0.1) is 12.7 Å². The summed E-state index contributed by atoms with van der Waals surface area (Å²) in [4.78, 5) is 26.9. The molecule has 1 saturated heterocycles. The zero-order chi connectivity index (χ0) is 23.2. The molecule has 170 valence electrons. The Bertz CT molecular complexity index is 1160. The van der Waals surface area contributed by atoms with Gasteiger partial charge in [-0.1, -0.05) is 23.7 Å². The highest BCUT2D eigenvalue weighted by atomic mass is 35.5. The molecule has 0 N–H and O–H groups in total. The summed E-state index contributed by atoms with van der Waals surface area (Å²) >= 11 is 6.25. The molecule has 1 fully saturated rings. The largest absolute Gasteiger partial charge is 0.378 e. The van der Waals surface area contributed by atoms with Crippen LogP contribution in [0.4, 0.5) is 16.2 Å².